The molecule has 1 fully saturated rings. The minimum Gasteiger partial charge on any atom is -0.335 e. The van der Waals surface area contributed by atoms with E-state index in [9.17, 15) is 9.59 Å². The number of nitrogens with two attached hydrogens (primary N) is 1. The van der Waals surface area contributed by atoms with Gasteiger partial charge in [-0.05, 0) is 24.1 Å². The lowest BCUT2D eigenvalue weighted by Gasteiger charge is -2.16. The summed E-state index contributed by atoms with van der Waals surface area (Å²) in [5.41, 5.74) is 8.62. The SMILES string of the molecule is Cc1cc(C(=O)N2C[C@H](c3ccccc3)[C@@H](N)C2)nc2[nH][nH]c(=O)c12. The van der Waals surface area contributed by atoms with Gasteiger partial charge >= 0.3 is 0 Å². The Morgan fingerprint density at radius 1 is 1.24 bits per heavy atom. The van der Waals surface area contributed by atoms with Crippen LogP contribution >= 0.6 is 0 Å². The lowest BCUT2D eigenvalue weighted by atomic mass is 9.95. The summed E-state index contributed by atoms with van der Waals surface area (Å²) in [6, 6.07) is 11.6. The van der Waals surface area contributed by atoms with Gasteiger partial charge in [0.2, 0.25) is 0 Å². The molecule has 1 amide bonds. The van der Waals surface area contributed by atoms with Crippen molar-refractivity contribution in [1.82, 2.24) is 20.1 Å². The van der Waals surface area contributed by atoms with Gasteiger partial charge in [-0.2, -0.15) is 0 Å². The van der Waals surface area contributed by atoms with Crippen molar-refractivity contribution < 1.29 is 4.79 Å². The third-order valence-electron chi connectivity index (χ3n) is 4.84. The fourth-order valence-corrected chi connectivity index (χ4v) is 3.55. The molecule has 1 saturated heterocycles. The molecule has 0 spiro atoms. The number of fused-ring (bicyclic) bond motifs is 1. The zero-order valence-electron chi connectivity index (χ0n) is 13.8. The molecule has 0 saturated carbocycles. The van der Waals surface area contributed by atoms with E-state index in [2.05, 4.69) is 15.2 Å². The van der Waals surface area contributed by atoms with Gasteiger partial charge in [0.05, 0.1) is 5.39 Å². The third-order valence-corrected chi connectivity index (χ3v) is 4.84. The Morgan fingerprint density at radius 3 is 2.76 bits per heavy atom. The molecule has 4 N–H and O–H groups in total. The molecule has 0 unspecified atom stereocenters. The molecule has 2 aromatic heterocycles. The molecular weight excluding hydrogens is 318 g/mol. The van der Waals surface area contributed by atoms with Crippen molar-refractivity contribution in [2.45, 2.75) is 18.9 Å². The zero-order valence-corrected chi connectivity index (χ0v) is 13.8. The van der Waals surface area contributed by atoms with Gasteiger partial charge in [0, 0.05) is 25.0 Å². The first-order chi connectivity index (χ1) is 12.0. The highest BCUT2D eigenvalue weighted by Gasteiger charge is 2.34. The minimum atomic E-state index is -0.230. The second-order valence-corrected chi connectivity index (χ2v) is 6.52. The summed E-state index contributed by atoms with van der Waals surface area (Å²) in [5, 5.41) is 5.70. The monoisotopic (exact) mass is 337 g/mol. The summed E-state index contributed by atoms with van der Waals surface area (Å²) in [5.74, 6) is -0.0528. The van der Waals surface area contributed by atoms with Gasteiger partial charge in [-0.1, -0.05) is 30.3 Å². The number of aromatic amines is 2. The number of benzene rings is 1. The average molecular weight is 337 g/mol. The fourth-order valence-electron chi connectivity index (χ4n) is 3.55. The second kappa shape index (κ2) is 5.86. The van der Waals surface area contributed by atoms with E-state index in [1.807, 2.05) is 30.3 Å². The Balaban J connectivity index is 1.63. The number of hydrogen-bond acceptors (Lipinski definition) is 4. The molecule has 7 heteroatoms. The van der Waals surface area contributed by atoms with Crippen LogP contribution in [0.1, 0.15) is 27.5 Å². The van der Waals surface area contributed by atoms with Gasteiger partial charge in [-0.3, -0.25) is 19.8 Å². The number of aromatic nitrogens is 3. The maximum Gasteiger partial charge on any atom is 0.273 e. The molecule has 4 rings (SSSR count). The normalized spacial score (nSPS) is 20.3. The molecule has 7 nitrogen and oxygen atoms in total. The molecule has 128 valence electrons. The number of carbonyl (C=O) groups excluding carboxylic acids is 1. The second-order valence-electron chi connectivity index (χ2n) is 6.52. The Bertz CT molecular complexity index is 992. The number of nitrogens with zero attached hydrogens (tertiary/aromatic N) is 2. The number of hydrogen-bond donors (Lipinski definition) is 3. The van der Waals surface area contributed by atoms with E-state index in [4.69, 9.17) is 5.73 Å². The van der Waals surface area contributed by atoms with Crippen molar-refractivity contribution in [2.75, 3.05) is 13.1 Å². The van der Waals surface area contributed by atoms with Crippen LogP contribution in [0, 0.1) is 6.92 Å². The van der Waals surface area contributed by atoms with Gasteiger partial charge in [0.25, 0.3) is 11.5 Å². The highest BCUT2D eigenvalue weighted by Crippen LogP contribution is 2.27. The summed E-state index contributed by atoms with van der Waals surface area (Å²) in [4.78, 5) is 30.7. The number of carbonyl (C=O) groups is 1. The van der Waals surface area contributed by atoms with Crippen LogP contribution in [0.2, 0.25) is 0 Å². The van der Waals surface area contributed by atoms with Crippen LogP contribution in [0.4, 0.5) is 0 Å². The topological polar surface area (TPSA) is 108 Å². The Hall–Kier alpha value is -2.93. The van der Waals surface area contributed by atoms with Crippen molar-refractivity contribution >= 4 is 16.9 Å². The first-order valence-electron chi connectivity index (χ1n) is 8.22. The summed E-state index contributed by atoms with van der Waals surface area (Å²) < 4.78 is 0. The highest BCUT2D eigenvalue weighted by molar-refractivity contribution is 5.95. The highest BCUT2D eigenvalue weighted by atomic mass is 16.2. The van der Waals surface area contributed by atoms with Crippen molar-refractivity contribution in [1.29, 1.82) is 0 Å². The summed E-state index contributed by atoms with van der Waals surface area (Å²) in [6.07, 6.45) is 0. The molecule has 25 heavy (non-hydrogen) atoms. The molecule has 0 bridgehead atoms. The van der Waals surface area contributed by atoms with Crippen molar-refractivity contribution in [3.8, 4) is 0 Å². The number of nitrogens with one attached hydrogen (secondary N) is 2. The van der Waals surface area contributed by atoms with Crippen LogP contribution in [0.3, 0.4) is 0 Å². The summed E-state index contributed by atoms with van der Waals surface area (Å²) in [6.45, 7) is 2.85. The van der Waals surface area contributed by atoms with Gasteiger partial charge < -0.3 is 10.6 Å². The molecule has 3 aromatic rings. The van der Waals surface area contributed by atoms with Gasteiger partial charge in [-0.25, -0.2) is 4.98 Å². The minimum absolute atomic E-state index is 0.108. The molecule has 0 radical (unpaired) electrons. The van der Waals surface area contributed by atoms with Crippen LogP contribution in [0.25, 0.3) is 11.0 Å². The molecule has 0 aliphatic carbocycles. The number of rotatable bonds is 2. The van der Waals surface area contributed by atoms with Crippen LogP contribution in [0.15, 0.2) is 41.2 Å². The standard InChI is InChI=1S/C18H19N5O2/c1-10-7-14(20-16-15(10)17(24)22-21-16)18(25)23-8-12(13(19)9-23)11-5-3-2-4-6-11/h2-7,12-13H,8-9,19H2,1H3,(H2,20,21,22,24)/t12-,13+/m1/s1. The summed E-state index contributed by atoms with van der Waals surface area (Å²) >= 11 is 0. The van der Waals surface area contributed by atoms with E-state index >= 15 is 0 Å². The lowest BCUT2D eigenvalue weighted by Crippen LogP contribution is -2.32. The average Bonchev–Trinajstić information content (AvgIpc) is 3.18. The third kappa shape index (κ3) is 2.62. The molecular formula is C18H19N5O2. The maximum absolute atomic E-state index is 12.9. The van der Waals surface area contributed by atoms with Crippen molar-refractivity contribution in [3.05, 3.63) is 63.6 Å². The molecule has 2 atom stereocenters. The van der Waals surface area contributed by atoms with E-state index < -0.39 is 0 Å². The largest absolute Gasteiger partial charge is 0.335 e. The predicted octanol–water partition coefficient (Wildman–Crippen LogP) is 1.13. The number of H-pyrrole nitrogens is 2. The molecule has 3 heterocycles. The Kier molecular flexibility index (Phi) is 3.65. The smallest absolute Gasteiger partial charge is 0.273 e. The first-order valence-corrected chi connectivity index (χ1v) is 8.22. The molecule has 1 aliphatic heterocycles. The Labute approximate surface area is 143 Å². The number of aryl methyl sites for hydroxylation is 1. The lowest BCUT2D eigenvalue weighted by molar-refractivity contribution is 0.0783. The number of pyridine rings is 1. The summed E-state index contributed by atoms with van der Waals surface area (Å²) in [7, 11) is 0. The van der Waals surface area contributed by atoms with Crippen molar-refractivity contribution in [3.63, 3.8) is 0 Å². The van der Waals surface area contributed by atoms with Crippen molar-refractivity contribution in [2.24, 2.45) is 5.73 Å². The number of amides is 1. The van der Waals surface area contributed by atoms with E-state index in [0.717, 1.165) is 11.1 Å². The van der Waals surface area contributed by atoms with E-state index in [1.165, 1.54) is 0 Å². The molecule has 1 aliphatic rings. The van der Waals surface area contributed by atoms with Crippen LogP contribution < -0.4 is 11.3 Å². The molecule has 1 aromatic carbocycles. The van der Waals surface area contributed by atoms with Gasteiger partial charge in [0.15, 0.2) is 5.65 Å². The van der Waals surface area contributed by atoms with E-state index in [0.29, 0.717) is 29.8 Å². The first kappa shape index (κ1) is 15.6. The van der Waals surface area contributed by atoms with Crippen LogP contribution in [0.5, 0.6) is 0 Å². The van der Waals surface area contributed by atoms with Gasteiger partial charge in [0.1, 0.15) is 5.69 Å². The quantitative estimate of drug-likeness (QED) is 0.651. The maximum atomic E-state index is 12.9. The van der Waals surface area contributed by atoms with E-state index in [-0.39, 0.29) is 23.4 Å². The zero-order chi connectivity index (χ0) is 17.6. The van der Waals surface area contributed by atoms with Crippen LogP contribution in [-0.4, -0.2) is 45.1 Å². The predicted molar refractivity (Wildman–Crippen MR) is 94.5 cm³/mol. The van der Waals surface area contributed by atoms with Crippen LogP contribution in [-0.2, 0) is 0 Å². The fraction of sp³-hybridized carbons (Fsp3) is 0.278. The Morgan fingerprint density at radius 2 is 2.00 bits per heavy atom. The van der Waals surface area contributed by atoms with E-state index in [1.54, 1.807) is 17.9 Å². The number of likely N-dealkylation sites (tertiary alicyclic amines) is 1. The van der Waals surface area contributed by atoms with Gasteiger partial charge in [-0.15, -0.1) is 0 Å².